The van der Waals surface area contributed by atoms with Crippen molar-refractivity contribution in [3.8, 4) is 22.9 Å². The summed E-state index contributed by atoms with van der Waals surface area (Å²) in [7, 11) is 1.90. The summed E-state index contributed by atoms with van der Waals surface area (Å²) in [5, 5.41) is 19.8. The van der Waals surface area contributed by atoms with Gasteiger partial charge in [-0.25, -0.2) is 14.5 Å². The first-order valence-electron chi connectivity index (χ1n) is 10.6. The van der Waals surface area contributed by atoms with Gasteiger partial charge in [0.05, 0.1) is 35.5 Å². The maximum absolute atomic E-state index is 11.5. The van der Waals surface area contributed by atoms with Gasteiger partial charge in [-0.3, -0.25) is 4.79 Å². The SMILES string of the molecule is C=C(C)C(=O)NCCNc1ccc(-c2cc(OCc3cn(C)cn3)cn3ncc(C#N)c23)cn1. The van der Waals surface area contributed by atoms with Crippen molar-refractivity contribution in [1.29, 1.82) is 5.26 Å². The van der Waals surface area contributed by atoms with Crippen molar-refractivity contribution in [3.63, 3.8) is 0 Å². The molecule has 0 fully saturated rings. The summed E-state index contributed by atoms with van der Waals surface area (Å²) in [6.07, 6.45) is 8.60. The molecular formula is C24H24N8O2. The Bertz CT molecular complexity index is 1380. The maximum Gasteiger partial charge on any atom is 0.246 e. The topological polar surface area (TPSA) is 122 Å². The van der Waals surface area contributed by atoms with E-state index in [0.717, 1.165) is 16.8 Å². The molecular weight excluding hydrogens is 432 g/mol. The summed E-state index contributed by atoms with van der Waals surface area (Å²) in [5.74, 6) is 1.09. The van der Waals surface area contributed by atoms with Gasteiger partial charge in [-0.1, -0.05) is 6.58 Å². The van der Waals surface area contributed by atoms with Crippen LogP contribution in [0.5, 0.6) is 5.75 Å². The van der Waals surface area contributed by atoms with E-state index in [9.17, 15) is 10.1 Å². The average molecular weight is 457 g/mol. The molecule has 0 bridgehead atoms. The van der Waals surface area contributed by atoms with Gasteiger partial charge in [0.25, 0.3) is 0 Å². The summed E-state index contributed by atoms with van der Waals surface area (Å²) >= 11 is 0. The van der Waals surface area contributed by atoms with Crippen LogP contribution in [0.1, 0.15) is 18.2 Å². The summed E-state index contributed by atoms with van der Waals surface area (Å²) in [6.45, 7) is 6.55. The molecule has 0 atom stereocenters. The van der Waals surface area contributed by atoms with Gasteiger partial charge in [0.15, 0.2) is 0 Å². The molecule has 4 aromatic heterocycles. The van der Waals surface area contributed by atoms with Gasteiger partial charge in [-0.05, 0) is 25.1 Å². The molecule has 0 saturated heterocycles. The lowest BCUT2D eigenvalue weighted by atomic mass is 10.1. The number of nitrogens with zero attached hydrogens (tertiary/aromatic N) is 6. The lowest BCUT2D eigenvalue weighted by Crippen LogP contribution is -2.29. The molecule has 4 heterocycles. The molecule has 1 amide bonds. The first-order valence-corrected chi connectivity index (χ1v) is 10.6. The molecule has 4 rings (SSSR count). The van der Waals surface area contributed by atoms with E-state index < -0.39 is 0 Å². The van der Waals surface area contributed by atoms with Gasteiger partial charge in [0.1, 0.15) is 24.2 Å². The number of pyridine rings is 2. The van der Waals surface area contributed by atoms with Crippen molar-refractivity contribution >= 4 is 17.2 Å². The number of aromatic nitrogens is 5. The Morgan fingerprint density at radius 2 is 2.09 bits per heavy atom. The normalized spacial score (nSPS) is 10.6. The summed E-state index contributed by atoms with van der Waals surface area (Å²) in [4.78, 5) is 20.3. The second-order valence-corrected chi connectivity index (χ2v) is 7.77. The Morgan fingerprint density at radius 1 is 1.24 bits per heavy atom. The Kier molecular flexibility index (Phi) is 6.54. The first kappa shape index (κ1) is 22.5. The summed E-state index contributed by atoms with van der Waals surface area (Å²) in [6, 6.07) is 7.82. The summed E-state index contributed by atoms with van der Waals surface area (Å²) in [5.41, 5.74) is 4.00. The quantitative estimate of drug-likeness (QED) is 0.293. The van der Waals surface area contributed by atoms with Crippen LogP contribution >= 0.6 is 0 Å². The Labute approximate surface area is 196 Å². The van der Waals surface area contributed by atoms with E-state index in [0.29, 0.717) is 47.9 Å². The van der Waals surface area contributed by atoms with Crippen molar-refractivity contribution < 1.29 is 9.53 Å². The highest BCUT2D eigenvalue weighted by Gasteiger charge is 2.14. The highest BCUT2D eigenvalue weighted by Crippen LogP contribution is 2.31. The fourth-order valence-corrected chi connectivity index (χ4v) is 3.35. The van der Waals surface area contributed by atoms with E-state index in [2.05, 4.69) is 38.3 Å². The smallest absolute Gasteiger partial charge is 0.246 e. The zero-order valence-corrected chi connectivity index (χ0v) is 18.9. The van der Waals surface area contributed by atoms with Crippen LogP contribution < -0.4 is 15.4 Å². The van der Waals surface area contributed by atoms with E-state index in [1.807, 2.05) is 36.0 Å². The molecule has 0 aromatic carbocycles. The van der Waals surface area contributed by atoms with Crippen molar-refractivity contribution in [2.45, 2.75) is 13.5 Å². The minimum Gasteiger partial charge on any atom is -0.486 e. The molecule has 10 nitrogen and oxygen atoms in total. The standard InChI is InChI=1S/C24H24N8O2/c1-16(2)24(33)27-7-6-26-22-5-4-17(10-28-22)21-8-20(34-14-19-12-31(3)15-29-19)13-32-23(21)18(9-25)11-30-32/h4-5,8,10-13,15H,1,6-7,14H2,2-3H3,(H,26,28)(H,27,33). The van der Waals surface area contributed by atoms with Gasteiger partial charge < -0.3 is 19.9 Å². The van der Waals surface area contributed by atoms with E-state index in [4.69, 9.17) is 4.74 Å². The number of fused-ring (bicyclic) bond motifs is 1. The minimum absolute atomic E-state index is 0.173. The zero-order chi connectivity index (χ0) is 24.1. The number of hydrogen-bond donors (Lipinski definition) is 2. The van der Waals surface area contributed by atoms with Crippen molar-refractivity contribution in [1.82, 2.24) is 29.5 Å². The highest BCUT2D eigenvalue weighted by molar-refractivity contribution is 5.92. The van der Waals surface area contributed by atoms with E-state index in [1.165, 1.54) is 6.20 Å². The van der Waals surface area contributed by atoms with Crippen LogP contribution in [0.25, 0.3) is 16.6 Å². The van der Waals surface area contributed by atoms with Gasteiger partial charge in [-0.15, -0.1) is 0 Å². The van der Waals surface area contributed by atoms with Crippen LogP contribution in [-0.2, 0) is 18.4 Å². The lowest BCUT2D eigenvalue weighted by molar-refractivity contribution is -0.117. The van der Waals surface area contributed by atoms with Crippen LogP contribution in [0.2, 0.25) is 0 Å². The molecule has 0 spiro atoms. The van der Waals surface area contributed by atoms with Crippen LogP contribution in [-0.4, -0.2) is 43.1 Å². The predicted octanol–water partition coefficient (Wildman–Crippen LogP) is 2.68. The van der Waals surface area contributed by atoms with E-state index >= 15 is 0 Å². The Hall–Kier alpha value is -4.65. The fraction of sp³-hybridized carbons (Fsp3) is 0.208. The van der Waals surface area contributed by atoms with Crippen molar-refractivity contribution in [2.24, 2.45) is 7.05 Å². The number of carbonyl (C=O) groups is 1. The lowest BCUT2D eigenvalue weighted by Gasteiger charge is -2.11. The largest absolute Gasteiger partial charge is 0.486 e. The minimum atomic E-state index is -0.173. The van der Waals surface area contributed by atoms with Gasteiger partial charge >= 0.3 is 0 Å². The predicted molar refractivity (Wildman–Crippen MR) is 127 cm³/mol. The second kappa shape index (κ2) is 9.87. The highest BCUT2D eigenvalue weighted by atomic mass is 16.5. The molecule has 0 aliphatic carbocycles. The fourth-order valence-electron chi connectivity index (χ4n) is 3.35. The number of rotatable bonds is 9. The first-order chi connectivity index (χ1) is 16.4. The molecule has 10 heteroatoms. The van der Waals surface area contributed by atoms with E-state index in [-0.39, 0.29) is 5.91 Å². The summed E-state index contributed by atoms with van der Waals surface area (Å²) < 4.78 is 9.44. The van der Waals surface area contributed by atoms with Gasteiger partial charge in [0.2, 0.25) is 5.91 Å². The van der Waals surface area contributed by atoms with Crippen molar-refractivity contribution in [3.05, 3.63) is 72.7 Å². The van der Waals surface area contributed by atoms with Crippen LogP contribution in [0.4, 0.5) is 5.82 Å². The molecule has 0 radical (unpaired) electrons. The number of imidazole rings is 1. The number of nitriles is 1. The number of amides is 1. The number of carbonyl (C=O) groups excluding carboxylic acids is 1. The number of ether oxygens (including phenoxy) is 1. The monoisotopic (exact) mass is 456 g/mol. The molecule has 2 N–H and O–H groups in total. The van der Waals surface area contributed by atoms with Gasteiger partial charge in [-0.2, -0.15) is 10.4 Å². The third-order valence-electron chi connectivity index (χ3n) is 5.03. The molecule has 172 valence electrons. The molecule has 0 aliphatic heterocycles. The maximum atomic E-state index is 11.5. The van der Waals surface area contributed by atoms with Crippen molar-refractivity contribution in [2.75, 3.05) is 18.4 Å². The molecule has 4 aromatic rings. The van der Waals surface area contributed by atoms with Gasteiger partial charge in [0, 0.05) is 49.2 Å². The third kappa shape index (κ3) is 5.05. The van der Waals surface area contributed by atoms with Crippen LogP contribution in [0, 0.1) is 11.3 Å². The third-order valence-corrected chi connectivity index (χ3v) is 5.03. The average Bonchev–Trinajstić information content (AvgIpc) is 3.45. The number of anilines is 1. The zero-order valence-electron chi connectivity index (χ0n) is 18.9. The van der Waals surface area contributed by atoms with Crippen LogP contribution in [0.3, 0.4) is 0 Å². The molecule has 0 aliphatic rings. The second-order valence-electron chi connectivity index (χ2n) is 7.77. The molecule has 0 saturated carbocycles. The Morgan fingerprint density at radius 3 is 2.76 bits per heavy atom. The number of aryl methyl sites for hydroxylation is 1. The molecule has 34 heavy (non-hydrogen) atoms. The number of hydrogen-bond acceptors (Lipinski definition) is 7. The molecule has 0 unspecified atom stereocenters. The van der Waals surface area contributed by atoms with Crippen LogP contribution in [0.15, 0.2) is 61.5 Å². The van der Waals surface area contributed by atoms with E-state index in [1.54, 1.807) is 30.2 Å². The number of nitrogens with one attached hydrogen (secondary N) is 2. The Balaban J connectivity index is 1.53.